The summed E-state index contributed by atoms with van der Waals surface area (Å²) in [5.41, 5.74) is 0. The predicted octanol–water partition coefficient (Wildman–Crippen LogP) is 1.55. The summed E-state index contributed by atoms with van der Waals surface area (Å²) in [5.74, 6) is -1.65. The van der Waals surface area contributed by atoms with E-state index in [4.69, 9.17) is 14.6 Å². The molecular formula is C13H23NO6. The molecule has 2 N–H and O–H groups in total. The summed E-state index contributed by atoms with van der Waals surface area (Å²) in [4.78, 5) is 33.5. The minimum atomic E-state index is -1.06. The van der Waals surface area contributed by atoms with Gasteiger partial charge in [-0.15, -0.1) is 0 Å². The third-order valence-electron chi connectivity index (χ3n) is 2.35. The van der Waals surface area contributed by atoms with E-state index in [2.05, 4.69) is 5.32 Å². The predicted molar refractivity (Wildman–Crippen MR) is 71.2 cm³/mol. The molecule has 0 fully saturated rings. The third-order valence-corrected chi connectivity index (χ3v) is 2.35. The molecule has 7 nitrogen and oxygen atoms in total. The average Bonchev–Trinajstić information content (AvgIpc) is 2.30. The van der Waals surface area contributed by atoms with Crippen LogP contribution in [-0.4, -0.2) is 41.9 Å². The molecule has 0 spiro atoms. The summed E-state index contributed by atoms with van der Waals surface area (Å²) in [5, 5.41) is 11.3. The Hall–Kier alpha value is -1.79. The van der Waals surface area contributed by atoms with Crippen molar-refractivity contribution >= 4 is 18.0 Å². The SMILES string of the molecule is CC(C)OC(=O)OCCCC(=O)NC(C(=O)O)C(C)C. The van der Waals surface area contributed by atoms with Crippen molar-refractivity contribution in [2.24, 2.45) is 5.92 Å². The summed E-state index contributed by atoms with van der Waals surface area (Å²) in [7, 11) is 0. The third kappa shape index (κ3) is 8.34. The van der Waals surface area contributed by atoms with Crippen LogP contribution in [-0.2, 0) is 19.1 Å². The van der Waals surface area contributed by atoms with Crippen molar-refractivity contribution in [2.75, 3.05) is 6.61 Å². The molecule has 116 valence electrons. The van der Waals surface area contributed by atoms with Crippen LogP contribution in [0.25, 0.3) is 0 Å². The van der Waals surface area contributed by atoms with Crippen molar-refractivity contribution < 1.29 is 29.0 Å². The van der Waals surface area contributed by atoms with E-state index in [1.807, 2.05) is 0 Å². The van der Waals surface area contributed by atoms with Crippen molar-refractivity contribution in [2.45, 2.75) is 52.7 Å². The van der Waals surface area contributed by atoms with Crippen LogP contribution in [0.15, 0.2) is 0 Å². The van der Waals surface area contributed by atoms with Gasteiger partial charge in [0.05, 0.1) is 12.7 Å². The monoisotopic (exact) mass is 289 g/mol. The Balaban J connectivity index is 3.89. The number of hydrogen-bond donors (Lipinski definition) is 2. The average molecular weight is 289 g/mol. The molecule has 20 heavy (non-hydrogen) atoms. The number of carbonyl (C=O) groups excluding carboxylic acids is 2. The molecule has 0 saturated carbocycles. The molecule has 0 radical (unpaired) electrons. The van der Waals surface area contributed by atoms with Crippen molar-refractivity contribution in [3.05, 3.63) is 0 Å². The van der Waals surface area contributed by atoms with Gasteiger partial charge in [0.25, 0.3) is 0 Å². The number of ether oxygens (including phenoxy) is 2. The smallest absolute Gasteiger partial charge is 0.480 e. The lowest BCUT2D eigenvalue weighted by Gasteiger charge is -2.17. The van der Waals surface area contributed by atoms with E-state index in [-0.39, 0.29) is 31.0 Å². The highest BCUT2D eigenvalue weighted by molar-refractivity contribution is 5.83. The van der Waals surface area contributed by atoms with Crippen LogP contribution in [0.2, 0.25) is 0 Å². The van der Waals surface area contributed by atoms with E-state index in [1.165, 1.54) is 0 Å². The second kappa shape index (κ2) is 9.17. The van der Waals surface area contributed by atoms with E-state index in [0.29, 0.717) is 6.42 Å². The summed E-state index contributed by atoms with van der Waals surface area (Å²) < 4.78 is 9.49. The molecule has 0 aliphatic carbocycles. The van der Waals surface area contributed by atoms with Gasteiger partial charge in [-0.05, 0) is 26.2 Å². The number of carboxylic acid groups (broad SMARTS) is 1. The first-order valence-corrected chi connectivity index (χ1v) is 6.59. The van der Waals surface area contributed by atoms with E-state index in [0.717, 1.165) is 0 Å². The molecule has 0 rings (SSSR count). The van der Waals surface area contributed by atoms with E-state index in [9.17, 15) is 14.4 Å². The molecule has 0 saturated heterocycles. The normalized spacial score (nSPS) is 12.1. The van der Waals surface area contributed by atoms with Gasteiger partial charge in [0.1, 0.15) is 6.04 Å². The topological polar surface area (TPSA) is 102 Å². The van der Waals surface area contributed by atoms with Crippen LogP contribution < -0.4 is 5.32 Å². The van der Waals surface area contributed by atoms with Crippen LogP contribution >= 0.6 is 0 Å². The molecule has 0 bridgehead atoms. The van der Waals surface area contributed by atoms with Gasteiger partial charge in [-0.25, -0.2) is 9.59 Å². The van der Waals surface area contributed by atoms with Gasteiger partial charge < -0.3 is 19.9 Å². The molecule has 0 aromatic carbocycles. The minimum absolute atomic E-state index is 0.0540. The standard InChI is InChI=1S/C13H23NO6/c1-8(2)11(12(16)17)14-10(15)6-5-7-19-13(18)20-9(3)4/h8-9,11H,5-7H2,1-4H3,(H,14,15)(H,16,17). The Bertz CT molecular complexity index is 340. The summed E-state index contributed by atoms with van der Waals surface area (Å²) in [6.45, 7) is 6.88. The molecule has 1 amide bonds. The second-order valence-electron chi connectivity index (χ2n) is 5.00. The van der Waals surface area contributed by atoms with Crippen LogP contribution in [0.5, 0.6) is 0 Å². The number of nitrogens with one attached hydrogen (secondary N) is 1. The van der Waals surface area contributed by atoms with Crippen LogP contribution in [0, 0.1) is 5.92 Å². The molecule has 0 aliphatic heterocycles. The maximum Gasteiger partial charge on any atom is 0.508 e. The van der Waals surface area contributed by atoms with Crippen molar-refractivity contribution in [3.8, 4) is 0 Å². The zero-order valence-corrected chi connectivity index (χ0v) is 12.3. The van der Waals surface area contributed by atoms with E-state index in [1.54, 1.807) is 27.7 Å². The molecule has 1 atom stereocenters. The van der Waals surface area contributed by atoms with Crippen LogP contribution in [0.3, 0.4) is 0 Å². The zero-order chi connectivity index (χ0) is 15.7. The maximum absolute atomic E-state index is 11.5. The van der Waals surface area contributed by atoms with Gasteiger partial charge in [0.15, 0.2) is 0 Å². The van der Waals surface area contributed by atoms with Gasteiger partial charge in [-0.1, -0.05) is 13.8 Å². The lowest BCUT2D eigenvalue weighted by molar-refractivity contribution is -0.143. The number of hydrogen-bond acceptors (Lipinski definition) is 5. The molecule has 0 heterocycles. The number of amides is 1. The Morgan fingerprint density at radius 3 is 2.20 bits per heavy atom. The number of rotatable bonds is 8. The van der Waals surface area contributed by atoms with Gasteiger partial charge in [-0.2, -0.15) is 0 Å². The fourth-order valence-electron chi connectivity index (χ4n) is 1.37. The molecule has 0 aromatic heterocycles. The van der Waals surface area contributed by atoms with Crippen LogP contribution in [0.1, 0.15) is 40.5 Å². The summed E-state index contributed by atoms with van der Waals surface area (Å²) in [6, 6.07) is -0.908. The Labute approximate surface area is 118 Å². The Kier molecular flexibility index (Phi) is 8.35. The zero-order valence-electron chi connectivity index (χ0n) is 12.3. The highest BCUT2D eigenvalue weighted by atomic mass is 16.7. The van der Waals surface area contributed by atoms with Crippen molar-refractivity contribution in [3.63, 3.8) is 0 Å². The van der Waals surface area contributed by atoms with Gasteiger partial charge in [-0.3, -0.25) is 4.79 Å². The minimum Gasteiger partial charge on any atom is -0.480 e. The molecule has 0 aromatic rings. The lowest BCUT2D eigenvalue weighted by Crippen LogP contribution is -2.44. The largest absolute Gasteiger partial charge is 0.508 e. The second-order valence-corrected chi connectivity index (χ2v) is 5.00. The van der Waals surface area contributed by atoms with E-state index >= 15 is 0 Å². The highest BCUT2D eigenvalue weighted by Crippen LogP contribution is 2.03. The fourth-order valence-corrected chi connectivity index (χ4v) is 1.37. The quantitative estimate of drug-likeness (QED) is 0.519. The van der Waals surface area contributed by atoms with E-state index < -0.39 is 18.2 Å². The number of carboxylic acids is 1. The number of carbonyl (C=O) groups is 3. The lowest BCUT2D eigenvalue weighted by atomic mass is 10.0. The summed E-state index contributed by atoms with van der Waals surface area (Å²) in [6.07, 6.45) is -0.631. The fraction of sp³-hybridized carbons (Fsp3) is 0.769. The first kappa shape index (κ1) is 18.2. The van der Waals surface area contributed by atoms with Crippen molar-refractivity contribution in [1.82, 2.24) is 5.32 Å². The summed E-state index contributed by atoms with van der Waals surface area (Å²) >= 11 is 0. The molecular weight excluding hydrogens is 266 g/mol. The maximum atomic E-state index is 11.5. The molecule has 1 unspecified atom stereocenters. The first-order valence-electron chi connectivity index (χ1n) is 6.59. The van der Waals surface area contributed by atoms with Gasteiger partial charge in [0, 0.05) is 6.42 Å². The van der Waals surface area contributed by atoms with Crippen molar-refractivity contribution in [1.29, 1.82) is 0 Å². The molecule has 7 heteroatoms. The van der Waals surface area contributed by atoms with Crippen LogP contribution in [0.4, 0.5) is 4.79 Å². The van der Waals surface area contributed by atoms with Gasteiger partial charge >= 0.3 is 12.1 Å². The Morgan fingerprint density at radius 2 is 1.75 bits per heavy atom. The Morgan fingerprint density at radius 1 is 1.15 bits per heavy atom. The first-order chi connectivity index (χ1) is 9.23. The van der Waals surface area contributed by atoms with Gasteiger partial charge in [0.2, 0.25) is 5.91 Å². The highest BCUT2D eigenvalue weighted by Gasteiger charge is 2.23. The molecule has 0 aliphatic rings. The number of aliphatic carboxylic acids is 1.